The molecule has 6 nitrogen and oxygen atoms in total. The van der Waals surface area contributed by atoms with E-state index in [0.29, 0.717) is 17.7 Å². The van der Waals surface area contributed by atoms with Gasteiger partial charge in [0.05, 0.1) is 10.6 Å². The van der Waals surface area contributed by atoms with E-state index in [1.54, 1.807) is 36.4 Å². The Morgan fingerprint density at radius 3 is 2.50 bits per heavy atom. The van der Waals surface area contributed by atoms with Crippen LogP contribution in [0.5, 0.6) is 0 Å². The Labute approximate surface area is 183 Å². The normalized spacial score (nSPS) is 11.4. The van der Waals surface area contributed by atoms with Gasteiger partial charge in [0.25, 0.3) is 11.8 Å². The van der Waals surface area contributed by atoms with E-state index in [1.807, 2.05) is 6.26 Å². The van der Waals surface area contributed by atoms with E-state index in [1.165, 1.54) is 23.9 Å². The largest absolute Gasteiger partial charge is 0.454 e. The Kier molecular flexibility index (Phi) is 9.63. The highest BCUT2D eigenvalue weighted by Gasteiger charge is 2.24. The van der Waals surface area contributed by atoms with Crippen molar-refractivity contribution in [2.24, 2.45) is 0 Å². The second kappa shape index (κ2) is 12.2. The number of ether oxygens (including phenoxy) is 1. The number of hydrogen-bond acceptors (Lipinski definition) is 5. The Bertz CT molecular complexity index is 880. The Morgan fingerprint density at radius 2 is 1.83 bits per heavy atom. The molecule has 0 radical (unpaired) electrons. The SMILES string of the molecule is CSCC[C@H](NC(=O)c1ccccc1Cl)C(=O)OCC(=O)NCc1ccc(F)cc1. The van der Waals surface area contributed by atoms with Gasteiger partial charge in [0.15, 0.2) is 6.61 Å². The topological polar surface area (TPSA) is 84.5 Å². The molecule has 0 unspecified atom stereocenters. The molecule has 9 heteroatoms. The molecule has 0 spiro atoms. The van der Waals surface area contributed by atoms with Gasteiger partial charge in [-0.2, -0.15) is 11.8 Å². The molecule has 0 aliphatic rings. The molecule has 0 heterocycles. The summed E-state index contributed by atoms with van der Waals surface area (Å²) in [4.78, 5) is 36.8. The fraction of sp³-hybridized carbons (Fsp3) is 0.286. The molecule has 0 aromatic heterocycles. The van der Waals surface area contributed by atoms with Gasteiger partial charge in [-0.1, -0.05) is 35.9 Å². The zero-order valence-corrected chi connectivity index (χ0v) is 17.9. The van der Waals surface area contributed by atoms with Gasteiger partial charge in [-0.15, -0.1) is 0 Å². The smallest absolute Gasteiger partial charge is 0.329 e. The second-order valence-corrected chi connectivity index (χ2v) is 7.69. The van der Waals surface area contributed by atoms with Gasteiger partial charge in [0.2, 0.25) is 0 Å². The van der Waals surface area contributed by atoms with E-state index in [9.17, 15) is 18.8 Å². The summed E-state index contributed by atoms with van der Waals surface area (Å²) in [7, 11) is 0. The summed E-state index contributed by atoms with van der Waals surface area (Å²) in [5.41, 5.74) is 0.957. The second-order valence-electron chi connectivity index (χ2n) is 6.30. The summed E-state index contributed by atoms with van der Waals surface area (Å²) in [5, 5.41) is 5.47. The van der Waals surface area contributed by atoms with Crippen molar-refractivity contribution in [2.75, 3.05) is 18.6 Å². The summed E-state index contributed by atoms with van der Waals surface area (Å²) in [5.74, 6) is -1.46. The molecule has 0 aliphatic heterocycles. The zero-order chi connectivity index (χ0) is 21.9. The van der Waals surface area contributed by atoms with Crippen molar-refractivity contribution in [1.82, 2.24) is 10.6 Å². The lowest BCUT2D eigenvalue weighted by atomic mass is 10.1. The van der Waals surface area contributed by atoms with Crippen molar-refractivity contribution >= 4 is 41.1 Å². The number of amides is 2. The molecule has 0 bridgehead atoms. The predicted molar refractivity (Wildman–Crippen MR) is 115 cm³/mol. The van der Waals surface area contributed by atoms with Gasteiger partial charge in [0, 0.05) is 6.54 Å². The molecule has 160 valence electrons. The van der Waals surface area contributed by atoms with Gasteiger partial charge in [-0.05, 0) is 48.3 Å². The molecule has 2 amide bonds. The van der Waals surface area contributed by atoms with Gasteiger partial charge >= 0.3 is 5.97 Å². The summed E-state index contributed by atoms with van der Waals surface area (Å²) in [6.07, 6.45) is 2.22. The summed E-state index contributed by atoms with van der Waals surface area (Å²) in [6.45, 7) is -0.312. The first-order chi connectivity index (χ1) is 14.4. The highest BCUT2D eigenvalue weighted by molar-refractivity contribution is 7.98. The molecule has 2 aromatic carbocycles. The van der Waals surface area contributed by atoms with Gasteiger partial charge in [-0.25, -0.2) is 9.18 Å². The Hall–Kier alpha value is -2.58. The van der Waals surface area contributed by atoms with Gasteiger partial charge in [-0.3, -0.25) is 9.59 Å². The van der Waals surface area contributed by atoms with E-state index in [4.69, 9.17) is 16.3 Å². The lowest BCUT2D eigenvalue weighted by molar-refractivity contribution is -0.150. The summed E-state index contributed by atoms with van der Waals surface area (Å²) < 4.78 is 18.0. The van der Waals surface area contributed by atoms with Crippen LogP contribution in [0.1, 0.15) is 22.3 Å². The standard InChI is InChI=1S/C21H22ClFN2O4S/c1-30-11-10-18(25-20(27)16-4-2-3-5-17(16)22)21(28)29-13-19(26)24-12-14-6-8-15(23)9-7-14/h2-9,18H,10-13H2,1H3,(H,24,26)(H,25,27)/t18-/m0/s1. The maximum absolute atomic E-state index is 12.9. The number of rotatable bonds is 10. The first kappa shape index (κ1) is 23.7. The lowest BCUT2D eigenvalue weighted by Gasteiger charge is -2.17. The molecule has 0 aliphatic carbocycles. The third-order valence-electron chi connectivity index (χ3n) is 4.07. The van der Waals surface area contributed by atoms with Crippen LogP contribution in [0.4, 0.5) is 4.39 Å². The maximum Gasteiger partial charge on any atom is 0.329 e. The third kappa shape index (κ3) is 7.68. The van der Waals surface area contributed by atoms with Crippen LogP contribution in [0.15, 0.2) is 48.5 Å². The number of esters is 1. The minimum absolute atomic E-state index is 0.176. The lowest BCUT2D eigenvalue weighted by Crippen LogP contribution is -2.43. The van der Waals surface area contributed by atoms with Crippen molar-refractivity contribution in [2.45, 2.75) is 19.0 Å². The molecule has 0 saturated heterocycles. The van der Waals surface area contributed by atoms with Gasteiger partial charge < -0.3 is 15.4 Å². The summed E-state index contributed by atoms with van der Waals surface area (Å²) >= 11 is 7.54. The minimum Gasteiger partial charge on any atom is -0.454 e. The van der Waals surface area contributed by atoms with Crippen molar-refractivity contribution < 1.29 is 23.5 Å². The molecule has 0 saturated carbocycles. The monoisotopic (exact) mass is 452 g/mol. The third-order valence-corrected chi connectivity index (χ3v) is 5.04. The zero-order valence-electron chi connectivity index (χ0n) is 16.3. The van der Waals surface area contributed by atoms with Crippen molar-refractivity contribution in [3.8, 4) is 0 Å². The van der Waals surface area contributed by atoms with Crippen LogP contribution in [-0.4, -0.2) is 42.4 Å². The average molecular weight is 453 g/mol. The number of hydrogen-bond donors (Lipinski definition) is 2. The summed E-state index contributed by atoms with van der Waals surface area (Å²) in [6, 6.07) is 11.3. The molecule has 0 fully saturated rings. The number of carbonyl (C=O) groups is 3. The van der Waals surface area contributed by atoms with Crippen LogP contribution >= 0.6 is 23.4 Å². The molecular formula is C21H22ClFN2O4S. The van der Waals surface area contributed by atoms with Crippen molar-refractivity contribution in [3.05, 3.63) is 70.5 Å². The van der Waals surface area contributed by atoms with E-state index in [2.05, 4.69) is 10.6 Å². The number of carbonyl (C=O) groups excluding carboxylic acids is 3. The average Bonchev–Trinajstić information content (AvgIpc) is 2.74. The first-order valence-electron chi connectivity index (χ1n) is 9.13. The quantitative estimate of drug-likeness (QED) is 0.541. The highest BCUT2D eigenvalue weighted by Crippen LogP contribution is 2.15. The van der Waals surface area contributed by atoms with Crippen LogP contribution in [0.3, 0.4) is 0 Å². The fourth-order valence-corrected chi connectivity index (χ4v) is 3.15. The molecule has 2 aromatic rings. The first-order valence-corrected chi connectivity index (χ1v) is 10.9. The van der Waals surface area contributed by atoms with Gasteiger partial charge in [0.1, 0.15) is 11.9 Å². The van der Waals surface area contributed by atoms with E-state index >= 15 is 0 Å². The molecule has 2 rings (SSSR count). The number of thioether (sulfide) groups is 1. The van der Waals surface area contributed by atoms with Crippen molar-refractivity contribution in [3.63, 3.8) is 0 Å². The fourth-order valence-electron chi connectivity index (χ4n) is 2.46. The minimum atomic E-state index is -0.911. The molecule has 1 atom stereocenters. The van der Waals surface area contributed by atoms with E-state index in [0.717, 1.165) is 0 Å². The van der Waals surface area contributed by atoms with Crippen LogP contribution < -0.4 is 10.6 Å². The number of halogens is 2. The molecular weight excluding hydrogens is 431 g/mol. The molecule has 30 heavy (non-hydrogen) atoms. The predicted octanol–water partition coefficient (Wildman–Crippen LogP) is 3.19. The maximum atomic E-state index is 12.9. The van der Waals surface area contributed by atoms with Crippen LogP contribution in [0.25, 0.3) is 0 Å². The van der Waals surface area contributed by atoms with Crippen LogP contribution in [-0.2, 0) is 20.9 Å². The van der Waals surface area contributed by atoms with Crippen LogP contribution in [0, 0.1) is 5.82 Å². The van der Waals surface area contributed by atoms with Crippen LogP contribution in [0.2, 0.25) is 5.02 Å². The Balaban J connectivity index is 1.87. The molecule has 2 N–H and O–H groups in total. The van der Waals surface area contributed by atoms with E-state index < -0.39 is 30.4 Å². The van der Waals surface area contributed by atoms with E-state index in [-0.39, 0.29) is 22.9 Å². The highest BCUT2D eigenvalue weighted by atomic mass is 35.5. The number of benzene rings is 2. The van der Waals surface area contributed by atoms with Crippen molar-refractivity contribution in [1.29, 1.82) is 0 Å². The number of nitrogens with one attached hydrogen (secondary N) is 2. The Morgan fingerprint density at radius 1 is 1.13 bits per heavy atom.